The van der Waals surface area contributed by atoms with E-state index in [9.17, 15) is 14.7 Å². The molecule has 8 heteroatoms. The number of carboxylic acid groups (broad SMARTS) is 1. The molecule has 2 N–H and O–H groups in total. The number of ether oxygens (including phenoxy) is 1. The van der Waals surface area contributed by atoms with Crippen LogP contribution in [0.4, 0.5) is 0 Å². The predicted molar refractivity (Wildman–Crippen MR) is 99.7 cm³/mol. The van der Waals surface area contributed by atoms with Gasteiger partial charge in [-0.3, -0.25) is 4.79 Å². The van der Waals surface area contributed by atoms with E-state index in [4.69, 9.17) is 16.3 Å². The molecule has 26 heavy (non-hydrogen) atoms. The SMILES string of the molecule is Cc1nc(-c2ccc(Cl)cc2)sc1C(=O)NC(C(=O)O)C1CCCOC1. The van der Waals surface area contributed by atoms with Gasteiger partial charge < -0.3 is 15.2 Å². The second kappa shape index (κ2) is 8.16. The van der Waals surface area contributed by atoms with Crippen molar-refractivity contribution in [1.82, 2.24) is 10.3 Å². The molecule has 3 rings (SSSR count). The zero-order valence-electron chi connectivity index (χ0n) is 14.2. The standard InChI is InChI=1S/C18H19ClN2O4S/c1-10-15(26-17(20-10)11-4-6-13(19)7-5-11)16(22)21-14(18(23)24)12-3-2-8-25-9-12/h4-7,12,14H,2-3,8-9H2,1H3,(H,21,22)(H,23,24). The maximum atomic E-state index is 12.7. The molecular weight excluding hydrogens is 376 g/mol. The Morgan fingerprint density at radius 3 is 2.73 bits per heavy atom. The number of halogens is 1. The lowest BCUT2D eigenvalue weighted by Crippen LogP contribution is -2.48. The molecule has 1 fully saturated rings. The van der Waals surface area contributed by atoms with Gasteiger partial charge in [-0.1, -0.05) is 23.7 Å². The fourth-order valence-electron chi connectivity index (χ4n) is 2.94. The van der Waals surface area contributed by atoms with Crippen molar-refractivity contribution >= 4 is 34.8 Å². The predicted octanol–water partition coefficient (Wildman–Crippen LogP) is 3.38. The highest BCUT2D eigenvalue weighted by molar-refractivity contribution is 7.17. The minimum Gasteiger partial charge on any atom is -0.480 e. The number of aromatic nitrogens is 1. The topological polar surface area (TPSA) is 88.5 Å². The number of aryl methyl sites for hydroxylation is 1. The van der Waals surface area contributed by atoms with E-state index in [-0.39, 0.29) is 5.92 Å². The molecular formula is C18H19ClN2O4S. The summed E-state index contributed by atoms with van der Waals surface area (Å²) in [6.45, 7) is 2.72. The minimum absolute atomic E-state index is 0.228. The fraction of sp³-hybridized carbons (Fsp3) is 0.389. The molecule has 0 aliphatic carbocycles. The summed E-state index contributed by atoms with van der Waals surface area (Å²) >= 11 is 7.14. The van der Waals surface area contributed by atoms with Crippen LogP contribution < -0.4 is 5.32 Å². The van der Waals surface area contributed by atoms with Gasteiger partial charge in [0.2, 0.25) is 0 Å². The summed E-state index contributed by atoms with van der Waals surface area (Å²) in [5.74, 6) is -1.69. The molecule has 2 heterocycles. The van der Waals surface area contributed by atoms with Gasteiger partial charge in [0.05, 0.1) is 12.3 Å². The Morgan fingerprint density at radius 2 is 2.12 bits per heavy atom. The summed E-state index contributed by atoms with van der Waals surface area (Å²) in [4.78, 5) is 29.1. The van der Waals surface area contributed by atoms with Crippen LogP contribution in [0.5, 0.6) is 0 Å². The summed E-state index contributed by atoms with van der Waals surface area (Å²) in [6.07, 6.45) is 1.51. The first-order valence-corrected chi connectivity index (χ1v) is 9.50. The highest BCUT2D eigenvalue weighted by Gasteiger charge is 2.32. The Kier molecular flexibility index (Phi) is 5.90. The molecule has 1 saturated heterocycles. The number of amides is 1. The van der Waals surface area contributed by atoms with Crippen molar-refractivity contribution in [1.29, 1.82) is 0 Å². The molecule has 138 valence electrons. The van der Waals surface area contributed by atoms with Gasteiger partial charge in [0.1, 0.15) is 15.9 Å². The van der Waals surface area contributed by atoms with Crippen LogP contribution in [0, 0.1) is 12.8 Å². The first-order valence-electron chi connectivity index (χ1n) is 8.30. The van der Waals surface area contributed by atoms with Gasteiger partial charge in [-0.05, 0) is 31.9 Å². The van der Waals surface area contributed by atoms with Crippen molar-refractivity contribution in [2.45, 2.75) is 25.8 Å². The molecule has 0 radical (unpaired) electrons. The molecule has 0 saturated carbocycles. The van der Waals surface area contributed by atoms with Crippen LogP contribution in [0.1, 0.15) is 28.2 Å². The van der Waals surface area contributed by atoms with Crippen LogP contribution in [0.15, 0.2) is 24.3 Å². The minimum atomic E-state index is -1.05. The maximum Gasteiger partial charge on any atom is 0.326 e. The molecule has 1 aromatic carbocycles. The molecule has 0 bridgehead atoms. The van der Waals surface area contributed by atoms with Gasteiger partial charge in [-0.25, -0.2) is 9.78 Å². The number of benzene rings is 1. The maximum absolute atomic E-state index is 12.7. The van der Waals surface area contributed by atoms with Crippen LogP contribution in [-0.2, 0) is 9.53 Å². The second-order valence-electron chi connectivity index (χ2n) is 6.21. The second-order valence-corrected chi connectivity index (χ2v) is 7.64. The number of nitrogens with one attached hydrogen (secondary N) is 1. The first kappa shape index (κ1) is 18.8. The number of aliphatic carboxylic acids is 1. The number of hydrogen-bond acceptors (Lipinski definition) is 5. The zero-order chi connectivity index (χ0) is 18.7. The molecule has 2 unspecified atom stereocenters. The Balaban J connectivity index is 1.78. The summed E-state index contributed by atoms with van der Waals surface area (Å²) in [7, 11) is 0. The fourth-order valence-corrected chi connectivity index (χ4v) is 4.04. The summed E-state index contributed by atoms with van der Waals surface area (Å²) in [5, 5.41) is 13.5. The molecule has 0 spiro atoms. The highest BCUT2D eigenvalue weighted by Crippen LogP contribution is 2.29. The molecule has 1 aliphatic rings. The summed E-state index contributed by atoms with van der Waals surface area (Å²) in [5.41, 5.74) is 1.43. The van der Waals surface area contributed by atoms with Crippen molar-refractivity contribution in [2.24, 2.45) is 5.92 Å². The third kappa shape index (κ3) is 4.23. The van der Waals surface area contributed by atoms with Crippen LogP contribution in [0.25, 0.3) is 10.6 Å². The van der Waals surface area contributed by atoms with E-state index in [1.54, 1.807) is 19.1 Å². The number of carbonyl (C=O) groups is 2. The van der Waals surface area contributed by atoms with Crippen LogP contribution >= 0.6 is 22.9 Å². The quantitative estimate of drug-likeness (QED) is 0.811. The van der Waals surface area contributed by atoms with Gasteiger partial charge in [0.25, 0.3) is 5.91 Å². The summed E-state index contributed by atoms with van der Waals surface area (Å²) < 4.78 is 5.36. The van der Waals surface area contributed by atoms with Crippen LogP contribution in [0.2, 0.25) is 5.02 Å². The smallest absolute Gasteiger partial charge is 0.326 e. The number of carboxylic acids is 1. The number of hydrogen-bond donors (Lipinski definition) is 2. The van der Waals surface area contributed by atoms with Crippen molar-refractivity contribution in [2.75, 3.05) is 13.2 Å². The van der Waals surface area contributed by atoms with E-state index in [2.05, 4.69) is 10.3 Å². The van der Waals surface area contributed by atoms with Crippen molar-refractivity contribution in [3.63, 3.8) is 0 Å². The number of nitrogens with zero attached hydrogens (tertiary/aromatic N) is 1. The molecule has 1 aliphatic heterocycles. The van der Waals surface area contributed by atoms with E-state index in [0.717, 1.165) is 18.4 Å². The molecule has 1 aromatic heterocycles. The average Bonchev–Trinajstić information content (AvgIpc) is 3.02. The Bertz CT molecular complexity index is 800. The van der Waals surface area contributed by atoms with Gasteiger partial charge in [0, 0.05) is 23.1 Å². The third-order valence-electron chi connectivity index (χ3n) is 4.31. The summed E-state index contributed by atoms with van der Waals surface area (Å²) in [6, 6.07) is 6.22. The normalized spacial score (nSPS) is 18.3. The first-order chi connectivity index (χ1) is 12.5. The van der Waals surface area contributed by atoms with Crippen LogP contribution in [-0.4, -0.2) is 41.2 Å². The van der Waals surface area contributed by atoms with Crippen molar-refractivity contribution in [3.8, 4) is 10.6 Å². The third-order valence-corrected chi connectivity index (χ3v) is 5.77. The largest absolute Gasteiger partial charge is 0.480 e. The van der Waals surface area contributed by atoms with E-state index in [1.807, 2.05) is 12.1 Å². The Labute approximate surface area is 160 Å². The zero-order valence-corrected chi connectivity index (χ0v) is 15.8. The van der Waals surface area contributed by atoms with Gasteiger partial charge in [0.15, 0.2) is 0 Å². The average molecular weight is 395 g/mol. The Morgan fingerprint density at radius 1 is 1.38 bits per heavy atom. The molecule has 6 nitrogen and oxygen atoms in total. The lowest BCUT2D eigenvalue weighted by molar-refractivity contribution is -0.142. The number of carbonyl (C=O) groups excluding carboxylic acids is 1. The number of thiazole rings is 1. The van der Waals surface area contributed by atoms with Crippen molar-refractivity contribution < 1.29 is 19.4 Å². The van der Waals surface area contributed by atoms with Gasteiger partial charge >= 0.3 is 5.97 Å². The highest BCUT2D eigenvalue weighted by atomic mass is 35.5. The van der Waals surface area contributed by atoms with E-state index < -0.39 is 17.9 Å². The molecule has 1 amide bonds. The van der Waals surface area contributed by atoms with Gasteiger partial charge in [-0.15, -0.1) is 11.3 Å². The van der Waals surface area contributed by atoms with E-state index >= 15 is 0 Å². The molecule has 2 aromatic rings. The van der Waals surface area contributed by atoms with E-state index in [1.165, 1.54) is 11.3 Å². The lowest BCUT2D eigenvalue weighted by atomic mass is 9.93. The Hall–Kier alpha value is -1.96. The lowest BCUT2D eigenvalue weighted by Gasteiger charge is -2.27. The molecule has 2 atom stereocenters. The van der Waals surface area contributed by atoms with Gasteiger partial charge in [-0.2, -0.15) is 0 Å². The van der Waals surface area contributed by atoms with E-state index in [0.29, 0.717) is 33.8 Å². The number of rotatable bonds is 5. The van der Waals surface area contributed by atoms with Crippen molar-refractivity contribution in [3.05, 3.63) is 39.9 Å². The monoisotopic (exact) mass is 394 g/mol. The van der Waals surface area contributed by atoms with Crippen LogP contribution in [0.3, 0.4) is 0 Å².